The number of nitrogens with one attached hydrogen (secondary N) is 5. The van der Waals surface area contributed by atoms with Crippen LogP contribution in [0.1, 0.15) is 122 Å². The molecule has 21 nitrogen and oxygen atoms in total. The molecule has 0 saturated heterocycles. The van der Waals surface area contributed by atoms with E-state index in [0.29, 0.717) is 24.5 Å². The average Bonchev–Trinajstić information content (AvgIpc) is 3.85. The van der Waals surface area contributed by atoms with Gasteiger partial charge in [0.1, 0.15) is 11.4 Å². The zero-order valence-electron chi connectivity index (χ0n) is 40.8. The molecule has 0 aliphatic rings. The summed E-state index contributed by atoms with van der Waals surface area (Å²) in [5.41, 5.74) is 4.47. The molecule has 0 saturated carbocycles. The smallest absolute Gasteiger partial charge is 0.354 e. The summed E-state index contributed by atoms with van der Waals surface area (Å²) < 4.78 is 66.1. The number of benzene rings is 2. The minimum absolute atomic E-state index is 0.0710. The van der Waals surface area contributed by atoms with E-state index in [4.69, 9.17) is 14.6 Å². The molecule has 23 heteroatoms. The van der Waals surface area contributed by atoms with Gasteiger partial charge < -0.3 is 35.4 Å². The SMILES string of the molecule is CC(C)c1cccc(C(C)C)c1NC(=O)NS(=O)(=O)c1cc(C(=O)O)n(C)n1.CNCCOC.COCCN(C)C(=O)c1cc(S(=O)(=O)NC(=O)Nc2c(C(C)C)cccc2C(C)C)nn1C. The summed E-state index contributed by atoms with van der Waals surface area (Å²) in [6, 6.07) is 11.5. The van der Waals surface area contributed by atoms with Crippen LogP contribution in [-0.4, -0.2) is 125 Å². The zero-order chi connectivity index (χ0) is 51.0. The first-order valence-electron chi connectivity index (χ1n) is 21.4. The van der Waals surface area contributed by atoms with E-state index in [-0.39, 0.29) is 35.1 Å². The van der Waals surface area contributed by atoms with Gasteiger partial charge in [-0.3, -0.25) is 14.2 Å². The van der Waals surface area contributed by atoms with E-state index in [9.17, 15) is 36.0 Å². The van der Waals surface area contributed by atoms with E-state index >= 15 is 0 Å². The molecule has 5 amide bonds. The van der Waals surface area contributed by atoms with E-state index < -0.39 is 54.0 Å². The van der Waals surface area contributed by atoms with Gasteiger partial charge in [-0.05, 0) is 53.0 Å². The quantitative estimate of drug-likeness (QED) is 0.0661. The highest BCUT2D eigenvalue weighted by Crippen LogP contribution is 2.33. The lowest BCUT2D eigenvalue weighted by Gasteiger charge is -2.20. The molecule has 4 aromatic rings. The highest BCUT2D eigenvalue weighted by Gasteiger charge is 2.28. The van der Waals surface area contributed by atoms with Crippen LogP contribution >= 0.6 is 0 Å². The van der Waals surface area contributed by atoms with Gasteiger partial charge in [-0.15, -0.1) is 0 Å². The Hall–Kier alpha value is -5.88. The molecule has 0 atom stereocenters. The van der Waals surface area contributed by atoms with Crippen molar-refractivity contribution in [3.63, 3.8) is 0 Å². The number of nitrogens with zero attached hydrogens (tertiary/aromatic N) is 5. The number of carbonyl (C=O) groups is 4. The summed E-state index contributed by atoms with van der Waals surface area (Å²) in [6.07, 6.45) is 0. The molecule has 0 spiro atoms. The van der Waals surface area contributed by atoms with Crippen molar-refractivity contribution in [2.45, 2.75) is 89.1 Å². The van der Waals surface area contributed by atoms with E-state index in [1.807, 2.05) is 108 Å². The van der Waals surface area contributed by atoms with Crippen LogP contribution in [0.2, 0.25) is 0 Å². The topological polar surface area (TPSA) is 274 Å². The molecule has 0 unspecified atom stereocenters. The molecule has 0 fully saturated rings. The normalized spacial score (nSPS) is 11.4. The van der Waals surface area contributed by atoms with E-state index in [2.05, 4.69) is 26.1 Å². The number of ether oxygens (including phenoxy) is 2. The van der Waals surface area contributed by atoms with Crippen LogP contribution in [0.25, 0.3) is 0 Å². The standard InChI is InChI=1S/C22H33N5O5S.C18H24N4O5S.C4H11NO/c1-14(2)16-9-8-10-17(15(3)4)20(16)23-22(29)25-33(30,31)19-13-18(27(6)24-19)21(28)26(5)11-12-32-7;1-10(2)12-7-6-8-13(11(3)4)16(12)19-18(25)21-28(26,27)15-9-14(17(23)24)22(5)20-15;1-5-3-4-6-2/h8-10,13-15H,11-12H2,1-7H3,(H2,23,25,29);6-11H,1-5H3,(H,23,24)(H2,19,21,25);5H,3-4H2,1-2H3. The second kappa shape index (κ2) is 25.9. The van der Waals surface area contributed by atoms with Crippen LogP contribution in [0, 0.1) is 0 Å². The van der Waals surface area contributed by atoms with Gasteiger partial charge in [0.25, 0.3) is 26.0 Å². The zero-order valence-corrected chi connectivity index (χ0v) is 42.5. The average molecular weight is 977 g/mol. The maximum atomic E-state index is 12.8. The van der Waals surface area contributed by atoms with Crippen molar-refractivity contribution in [1.82, 2.24) is 39.2 Å². The van der Waals surface area contributed by atoms with Crippen molar-refractivity contribution in [2.24, 2.45) is 14.1 Å². The number of carboxylic acids is 1. The van der Waals surface area contributed by atoms with Crippen molar-refractivity contribution in [3.8, 4) is 0 Å². The highest BCUT2D eigenvalue weighted by atomic mass is 32.2. The predicted molar refractivity (Wildman–Crippen MR) is 256 cm³/mol. The first-order chi connectivity index (χ1) is 31.2. The number of hydrogen-bond donors (Lipinski definition) is 6. The van der Waals surface area contributed by atoms with Crippen molar-refractivity contribution in [1.29, 1.82) is 0 Å². The molecule has 0 aliphatic heterocycles. The molecule has 372 valence electrons. The first kappa shape index (κ1) is 57.2. The molecular weight excluding hydrogens is 909 g/mol. The number of amides is 5. The number of sulfonamides is 2. The van der Waals surface area contributed by atoms with E-state index in [1.54, 1.807) is 14.2 Å². The molecule has 2 aromatic heterocycles. The summed E-state index contributed by atoms with van der Waals surface area (Å²) in [7, 11) is 0.804. The van der Waals surface area contributed by atoms with E-state index in [1.165, 1.54) is 30.8 Å². The lowest BCUT2D eigenvalue weighted by Crippen LogP contribution is -2.35. The van der Waals surface area contributed by atoms with Gasteiger partial charge >= 0.3 is 18.0 Å². The van der Waals surface area contributed by atoms with Gasteiger partial charge in [0.05, 0.1) is 13.2 Å². The molecule has 2 heterocycles. The Morgan fingerprint density at radius 2 is 1.01 bits per heavy atom. The lowest BCUT2D eigenvalue weighted by molar-refractivity contribution is 0.0683. The number of likely N-dealkylation sites (N-methyl/N-ethyl adjacent to an activating group) is 2. The van der Waals surface area contributed by atoms with Crippen molar-refractivity contribution in [3.05, 3.63) is 82.2 Å². The van der Waals surface area contributed by atoms with Crippen LogP contribution < -0.4 is 25.4 Å². The number of carbonyl (C=O) groups excluding carboxylic acids is 3. The highest BCUT2D eigenvalue weighted by molar-refractivity contribution is 7.90. The number of anilines is 2. The van der Waals surface area contributed by atoms with Crippen molar-refractivity contribution >= 4 is 55.4 Å². The number of para-hydroxylation sites is 2. The number of rotatable bonds is 18. The summed E-state index contributed by atoms with van der Waals surface area (Å²) >= 11 is 0. The van der Waals surface area contributed by atoms with Crippen LogP contribution in [0.4, 0.5) is 21.0 Å². The molecule has 0 aliphatic carbocycles. The number of aromatic nitrogens is 4. The fraction of sp³-hybridized carbons (Fsp3) is 0.500. The van der Waals surface area contributed by atoms with Crippen molar-refractivity contribution in [2.75, 3.05) is 65.3 Å². The molecule has 2 aromatic carbocycles. The summed E-state index contributed by atoms with van der Waals surface area (Å²) in [4.78, 5) is 50.2. The van der Waals surface area contributed by atoms with Gasteiger partial charge in [0.15, 0.2) is 10.1 Å². The molecule has 0 bridgehead atoms. The Labute approximate surface area is 394 Å². The Kier molecular flexibility index (Phi) is 22.1. The number of methoxy groups -OCH3 is 2. The number of aryl methyl sites for hydroxylation is 2. The first-order valence-corrected chi connectivity index (χ1v) is 24.3. The Morgan fingerprint density at radius 3 is 1.31 bits per heavy atom. The molecule has 4 rings (SSSR count). The van der Waals surface area contributed by atoms with Crippen molar-refractivity contribution < 1.29 is 50.6 Å². The van der Waals surface area contributed by atoms with Gasteiger partial charge in [-0.1, -0.05) is 91.8 Å². The lowest BCUT2D eigenvalue weighted by atomic mass is 9.93. The second-order valence-electron chi connectivity index (χ2n) is 16.5. The van der Waals surface area contributed by atoms with Gasteiger partial charge in [-0.25, -0.2) is 23.8 Å². The van der Waals surface area contributed by atoms with Crippen LogP contribution in [0.15, 0.2) is 58.6 Å². The molecule has 67 heavy (non-hydrogen) atoms. The summed E-state index contributed by atoms with van der Waals surface area (Å²) in [5, 5.41) is 23.9. The fourth-order valence-electron chi connectivity index (χ4n) is 6.29. The Bertz CT molecular complexity index is 2480. The predicted octanol–water partition coefficient (Wildman–Crippen LogP) is 5.62. The second-order valence-corrected chi connectivity index (χ2v) is 19.7. The third kappa shape index (κ3) is 16.4. The molecule has 6 N–H and O–H groups in total. The van der Waals surface area contributed by atoms with E-state index in [0.717, 1.165) is 52.2 Å². The monoisotopic (exact) mass is 976 g/mol. The maximum absolute atomic E-state index is 12.8. The van der Waals surface area contributed by atoms with Gasteiger partial charge in [0, 0.05) is 72.0 Å². The molecule has 0 radical (unpaired) electrons. The summed E-state index contributed by atoms with van der Waals surface area (Å²) in [5.74, 6) is -1.28. The Morgan fingerprint density at radius 1 is 0.657 bits per heavy atom. The van der Waals surface area contributed by atoms with Gasteiger partial charge in [-0.2, -0.15) is 27.0 Å². The summed E-state index contributed by atoms with van der Waals surface area (Å²) in [6.45, 7) is 18.3. The molecular formula is C44H68N10O11S2. The largest absolute Gasteiger partial charge is 0.477 e. The van der Waals surface area contributed by atoms with Gasteiger partial charge in [0.2, 0.25) is 0 Å². The number of aromatic carboxylic acids is 1. The minimum Gasteiger partial charge on any atom is -0.477 e. The Balaban J connectivity index is 0.000000414. The third-order valence-corrected chi connectivity index (χ3v) is 12.3. The number of hydrogen-bond acceptors (Lipinski definition) is 13. The third-order valence-electron chi connectivity index (χ3n) is 9.91. The number of carboxylic acid groups (broad SMARTS) is 1. The minimum atomic E-state index is -4.34. The van der Waals surface area contributed by atoms with Crippen LogP contribution in [0.3, 0.4) is 0 Å². The fourth-order valence-corrected chi connectivity index (χ4v) is 8.08. The number of urea groups is 2. The van der Waals surface area contributed by atoms with Crippen LogP contribution in [-0.2, 0) is 43.6 Å². The maximum Gasteiger partial charge on any atom is 0.354 e. The van der Waals surface area contributed by atoms with Crippen LogP contribution in [0.5, 0.6) is 0 Å².